The quantitative estimate of drug-likeness (QED) is 0.588. The standard InChI is InChI=1S/C25H44O5/c1-15-6-8-21(22-14-29-16(2)7-9-20(15)22)17(3)23(26)10-11-30-25(4,5)19-12-18(13-19)24(27)28/h15-23,26H,6-14H2,1-5H3,(H,27,28)/t15-,16?,17-,18?,19?,20+,21+,22?,23-/m1/s1. The lowest BCUT2D eigenvalue weighted by Crippen LogP contribution is -2.45. The van der Waals surface area contributed by atoms with Gasteiger partial charge >= 0.3 is 5.97 Å². The van der Waals surface area contributed by atoms with E-state index >= 15 is 0 Å². The zero-order chi connectivity index (χ0) is 22.1. The summed E-state index contributed by atoms with van der Waals surface area (Å²) < 4.78 is 12.3. The van der Waals surface area contributed by atoms with Gasteiger partial charge in [-0.05, 0) is 94.8 Å². The molecule has 2 saturated carbocycles. The molecule has 3 aliphatic rings. The smallest absolute Gasteiger partial charge is 0.306 e. The third-order valence-electron chi connectivity index (χ3n) is 8.91. The van der Waals surface area contributed by atoms with E-state index in [0.29, 0.717) is 49.7 Å². The highest BCUT2D eigenvalue weighted by Crippen LogP contribution is 2.47. The van der Waals surface area contributed by atoms with E-state index in [1.807, 2.05) is 0 Å². The van der Waals surface area contributed by atoms with Crippen LogP contribution in [0.2, 0.25) is 0 Å². The number of carbonyl (C=O) groups is 1. The molecule has 5 heteroatoms. The zero-order valence-electron chi connectivity index (χ0n) is 19.7. The Labute approximate surface area is 182 Å². The van der Waals surface area contributed by atoms with Crippen LogP contribution in [0.4, 0.5) is 0 Å². The van der Waals surface area contributed by atoms with Crippen LogP contribution in [0.15, 0.2) is 0 Å². The normalized spacial score (nSPS) is 39.3. The lowest BCUT2D eigenvalue weighted by molar-refractivity contribution is -0.155. The van der Waals surface area contributed by atoms with Gasteiger partial charge in [0.1, 0.15) is 0 Å². The van der Waals surface area contributed by atoms with Crippen molar-refractivity contribution in [3.8, 4) is 0 Å². The number of carboxylic acid groups (broad SMARTS) is 1. The maximum absolute atomic E-state index is 11.1. The highest BCUT2D eigenvalue weighted by atomic mass is 16.5. The largest absolute Gasteiger partial charge is 0.481 e. The number of ether oxygens (including phenoxy) is 2. The van der Waals surface area contributed by atoms with Crippen molar-refractivity contribution in [3.63, 3.8) is 0 Å². The summed E-state index contributed by atoms with van der Waals surface area (Å²) in [7, 11) is 0. The lowest BCUT2D eigenvalue weighted by Gasteiger charge is -2.45. The molecule has 5 nitrogen and oxygen atoms in total. The van der Waals surface area contributed by atoms with E-state index in [1.54, 1.807) is 0 Å². The Balaban J connectivity index is 1.49. The molecule has 0 spiro atoms. The van der Waals surface area contributed by atoms with Crippen LogP contribution in [0.3, 0.4) is 0 Å². The fourth-order valence-electron chi connectivity index (χ4n) is 6.30. The summed E-state index contributed by atoms with van der Waals surface area (Å²) in [6.07, 6.45) is 6.87. The second-order valence-electron chi connectivity index (χ2n) is 11.1. The molecule has 0 amide bonds. The average molecular weight is 425 g/mol. The van der Waals surface area contributed by atoms with Gasteiger partial charge in [0.25, 0.3) is 0 Å². The van der Waals surface area contributed by atoms with Crippen LogP contribution in [0.25, 0.3) is 0 Å². The van der Waals surface area contributed by atoms with Gasteiger partial charge in [0.15, 0.2) is 0 Å². The summed E-state index contributed by atoms with van der Waals surface area (Å²) in [5.41, 5.74) is -0.328. The summed E-state index contributed by atoms with van der Waals surface area (Å²) >= 11 is 0. The molecule has 3 fully saturated rings. The van der Waals surface area contributed by atoms with E-state index in [9.17, 15) is 9.90 Å². The van der Waals surface area contributed by atoms with Crippen LogP contribution < -0.4 is 0 Å². The van der Waals surface area contributed by atoms with Crippen molar-refractivity contribution in [1.29, 1.82) is 0 Å². The van der Waals surface area contributed by atoms with Crippen LogP contribution >= 0.6 is 0 Å². The molecule has 174 valence electrons. The van der Waals surface area contributed by atoms with E-state index in [4.69, 9.17) is 14.6 Å². The number of aliphatic hydroxyl groups excluding tert-OH is 1. The van der Waals surface area contributed by atoms with Crippen molar-refractivity contribution in [2.45, 2.75) is 97.4 Å². The first kappa shape index (κ1) is 24.0. The van der Waals surface area contributed by atoms with Crippen LogP contribution in [0.1, 0.15) is 79.6 Å². The molecule has 1 heterocycles. The van der Waals surface area contributed by atoms with Gasteiger partial charge in [0.2, 0.25) is 0 Å². The Hall–Kier alpha value is -0.650. The zero-order valence-corrected chi connectivity index (χ0v) is 19.7. The molecule has 0 aromatic rings. The van der Waals surface area contributed by atoms with Gasteiger partial charge in [-0.3, -0.25) is 4.79 Å². The minimum absolute atomic E-state index is 0.213. The molecule has 0 radical (unpaired) electrons. The molecule has 0 bridgehead atoms. The summed E-state index contributed by atoms with van der Waals surface area (Å²) in [4.78, 5) is 11.1. The molecule has 2 aliphatic carbocycles. The second kappa shape index (κ2) is 9.87. The Morgan fingerprint density at radius 2 is 1.83 bits per heavy atom. The van der Waals surface area contributed by atoms with Gasteiger partial charge < -0.3 is 19.7 Å². The molecule has 1 saturated heterocycles. The highest BCUT2D eigenvalue weighted by molar-refractivity contribution is 5.71. The molecule has 0 aromatic heterocycles. The number of hydrogen-bond acceptors (Lipinski definition) is 4. The van der Waals surface area contributed by atoms with Gasteiger partial charge in [-0.2, -0.15) is 0 Å². The highest BCUT2D eigenvalue weighted by Gasteiger charge is 2.45. The average Bonchev–Trinajstić information content (AvgIpc) is 2.82. The minimum Gasteiger partial charge on any atom is -0.481 e. The van der Waals surface area contributed by atoms with Gasteiger partial charge in [-0.15, -0.1) is 0 Å². The number of aliphatic carboxylic acids is 1. The third-order valence-corrected chi connectivity index (χ3v) is 8.91. The topological polar surface area (TPSA) is 76.0 Å². The SMILES string of the molecule is CC1CC[C@@H]2C(CO1)[C@H]([C@@H](C)[C@H](O)CCOC(C)(C)C1CC(C(=O)O)C1)CC[C@H]2C. The minimum atomic E-state index is -0.691. The first-order valence-corrected chi connectivity index (χ1v) is 12.3. The van der Waals surface area contributed by atoms with E-state index in [0.717, 1.165) is 24.9 Å². The van der Waals surface area contributed by atoms with Crippen LogP contribution in [0.5, 0.6) is 0 Å². The molecular formula is C25H44O5. The number of rotatable bonds is 8. The number of hydrogen-bond donors (Lipinski definition) is 2. The van der Waals surface area contributed by atoms with Crippen LogP contribution in [0, 0.1) is 41.4 Å². The second-order valence-corrected chi connectivity index (χ2v) is 11.1. The molecule has 0 aromatic carbocycles. The lowest BCUT2D eigenvalue weighted by atomic mass is 9.62. The van der Waals surface area contributed by atoms with Gasteiger partial charge in [-0.25, -0.2) is 0 Å². The molecule has 7 atom stereocenters. The summed E-state index contributed by atoms with van der Waals surface area (Å²) in [6.45, 7) is 12.3. The summed E-state index contributed by atoms with van der Waals surface area (Å²) in [5.74, 6) is 2.18. The van der Waals surface area contributed by atoms with Crippen molar-refractivity contribution in [1.82, 2.24) is 0 Å². The van der Waals surface area contributed by atoms with Crippen LogP contribution in [-0.2, 0) is 14.3 Å². The summed E-state index contributed by atoms with van der Waals surface area (Å²) in [5, 5.41) is 20.1. The van der Waals surface area contributed by atoms with Crippen molar-refractivity contribution >= 4 is 5.97 Å². The Bertz CT molecular complexity index is 570. The Morgan fingerprint density at radius 1 is 1.13 bits per heavy atom. The molecule has 3 rings (SSSR count). The maximum Gasteiger partial charge on any atom is 0.306 e. The van der Waals surface area contributed by atoms with Crippen molar-refractivity contribution < 1.29 is 24.5 Å². The van der Waals surface area contributed by atoms with Crippen molar-refractivity contribution in [2.24, 2.45) is 41.4 Å². The van der Waals surface area contributed by atoms with E-state index < -0.39 is 5.97 Å². The van der Waals surface area contributed by atoms with E-state index in [2.05, 4.69) is 34.6 Å². The monoisotopic (exact) mass is 424 g/mol. The predicted molar refractivity (Wildman–Crippen MR) is 117 cm³/mol. The molecule has 30 heavy (non-hydrogen) atoms. The van der Waals surface area contributed by atoms with Gasteiger partial charge in [-0.1, -0.05) is 20.3 Å². The summed E-state index contributed by atoms with van der Waals surface area (Å²) in [6, 6.07) is 0. The number of fused-ring (bicyclic) bond motifs is 1. The molecule has 1 aliphatic heterocycles. The van der Waals surface area contributed by atoms with E-state index in [1.165, 1.54) is 19.3 Å². The van der Waals surface area contributed by atoms with E-state index in [-0.39, 0.29) is 23.5 Å². The first-order chi connectivity index (χ1) is 14.1. The first-order valence-electron chi connectivity index (χ1n) is 12.3. The van der Waals surface area contributed by atoms with Gasteiger partial charge in [0, 0.05) is 6.61 Å². The molecular weight excluding hydrogens is 380 g/mol. The van der Waals surface area contributed by atoms with Crippen molar-refractivity contribution in [3.05, 3.63) is 0 Å². The predicted octanol–water partition coefficient (Wildman–Crippen LogP) is 4.76. The van der Waals surface area contributed by atoms with Gasteiger partial charge in [0.05, 0.1) is 30.3 Å². The Kier molecular flexibility index (Phi) is 7.90. The maximum atomic E-state index is 11.1. The van der Waals surface area contributed by atoms with Crippen molar-refractivity contribution in [2.75, 3.05) is 13.2 Å². The molecule has 2 unspecified atom stereocenters. The number of aliphatic hydroxyl groups is 1. The third kappa shape index (κ3) is 5.39. The molecule has 2 N–H and O–H groups in total. The fourth-order valence-corrected chi connectivity index (χ4v) is 6.30. The number of carboxylic acids is 1. The Morgan fingerprint density at radius 3 is 2.50 bits per heavy atom. The fraction of sp³-hybridized carbons (Fsp3) is 0.960. The van der Waals surface area contributed by atoms with Crippen LogP contribution in [-0.4, -0.2) is 47.2 Å².